The Hall–Kier alpha value is -1.59. The molecular formula is C15H22O5. The summed E-state index contributed by atoms with van der Waals surface area (Å²) in [5, 5.41) is 0. The minimum atomic E-state index is 0.470. The molecule has 0 N–H and O–H groups in total. The molecule has 0 bridgehead atoms. The van der Waals surface area contributed by atoms with Crippen molar-refractivity contribution >= 4 is 6.29 Å². The molecule has 0 radical (unpaired) electrons. The molecule has 5 heteroatoms. The van der Waals surface area contributed by atoms with Gasteiger partial charge in [-0.05, 0) is 19.1 Å². The summed E-state index contributed by atoms with van der Waals surface area (Å²) in [5.74, 6) is 1.10. The minimum absolute atomic E-state index is 0.470. The molecule has 1 aromatic carbocycles. The van der Waals surface area contributed by atoms with Crippen LogP contribution in [0.3, 0.4) is 0 Å². The Bertz CT molecular complexity index is 392. The standard InChI is InChI=1S/C15H22O5/c1-3-19-14-7-4-6-13(12-16)15(14)20-9-5-8-18-11-10-17-2/h4,6-7,12H,3,5,8-11H2,1-2H3. The Kier molecular flexibility index (Phi) is 8.42. The molecule has 0 spiro atoms. The van der Waals surface area contributed by atoms with Crippen LogP contribution < -0.4 is 9.47 Å². The molecule has 0 aromatic heterocycles. The van der Waals surface area contributed by atoms with Gasteiger partial charge in [0.1, 0.15) is 0 Å². The molecule has 20 heavy (non-hydrogen) atoms. The fourth-order valence-corrected chi connectivity index (χ4v) is 1.63. The molecule has 0 atom stereocenters. The number of aldehydes is 1. The average molecular weight is 282 g/mol. The topological polar surface area (TPSA) is 54.0 Å². The van der Waals surface area contributed by atoms with Crippen molar-refractivity contribution in [3.8, 4) is 11.5 Å². The van der Waals surface area contributed by atoms with Gasteiger partial charge >= 0.3 is 0 Å². The number of ether oxygens (including phenoxy) is 4. The predicted octanol–water partition coefficient (Wildman–Crippen LogP) is 2.33. The largest absolute Gasteiger partial charge is 0.490 e. The number of benzene rings is 1. The van der Waals surface area contributed by atoms with Gasteiger partial charge in [0.05, 0.1) is 32.0 Å². The predicted molar refractivity (Wildman–Crippen MR) is 75.8 cm³/mol. The van der Waals surface area contributed by atoms with Crippen molar-refractivity contribution in [3.05, 3.63) is 23.8 Å². The molecule has 0 amide bonds. The minimum Gasteiger partial charge on any atom is -0.490 e. The number of hydrogen-bond acceptors (Lipinski definition) is 5. The summed E-state index contributed by atoms with van der Waals surface area (Å²) >= 11 is 0. The second-order valence-corrected chi connectivity index (χ2v) is 4.03. The number of hydrogen-bond donors (Lipinski definition) is 0. The van der Waals surface area contributed by atoms with Gasteiger partial charge in [0.15, 0.2) is 17.8 Å². The van der Waals surface area contributed by atoms with Crippen LogP contribution in [0.4, 0.5) is 0 Å². The van der Waals surface area contributed by atoms with Crippen LogP contribution in [0.2, 0.25) is 0 Å². The van der Waals surface area contributed by atoms with Gasteiger partial charge in [-0.3, -0.25) is 4.79 Å². The van der Waals surface area contributed by atoms with Crippen molar-refractivity contribution < 1.29 is 23.7 Å². The Morgan fingerprint density at radius 2 is 1.95 bits per heavy atom. The van der Waals surface area contributed by atoms with E-state index in [2.05, 4.69) is 0 Å². The lowest BCUT2D eigenvalue weighted by Crippen LogP contribution is -2.08. The second kappa shape index (κ2) is 10.2. The SMILES string of the molecule is CCOc1cccc(C=O)c1OCCCOCCOC. The van der Waals surface area contributed by atoms with Gasteiger partial charge < -0.3 is 18.9 Å². The molecule has 0 aliphatic heterocycles. The Morgan fingerprint density at radius 3 is 2.65 bits per heavy atom. The zero-order valence-corrected chi connectivity index (χ0v) is 12.1. The zero-order valence-electron chi connectivity index (χ0n) is 12.1. The van der Waals surface area contributed by atoms with Crippen molar-refractivity contribution in [2.45, 2.75) is 13.3 Å². The van der Waals surface area contributed by atoms with Crippen LogP contribution in [0.1, 0.15) is 23.7 Å². The van der Waals surface area contributed by atoms with Crippen LogP contribution in [-0.4, -0.2) is 46.4 Å². The first-order valence-electron chi connectivity index (χ1n) is 6.74. The van der Waals surface area contributed by atoms with Gasteiger partial charge in [-0.2, -0.15) is 0 Å². The summed E-state index contributed by atoms with van der Waals surface area (Å²) in [6.07, 6.45) is 1.51. The number of carbonyl (C=O) groups is 1. The van der Waals surface area contributed by atoms with Crippen molar-refractivity contribution in [2.75, 3.05) is 40.1 Å². The third-order valence-corrected chi connectivity index (χ3v) is 2.55. The van der Waals surface area contributed by atoms with E-state index in [0.717, 1.165) is 12.7 Å². The quantitative estimate of drug-likeness (QED) is 0.460. The van der Waals surface area contributed by atoms with Gasteiger partial charge in [0, 0.05) is 20.1 Å². The number of para-hydroxylation sites is 1. The summed E-state index contributed by atoms with van der Waals surface area (Å²) in [5.41, 5.74) is 0.497. The summed E-state index contributed by atoms with van der Waals surface area (Å²) in [6.45, 7) is 4.64. The highest BCUT2D eigenvalue weighted by molar-refractivity contribution is 5.81. The van der Waals surface area contributed by atoms with Gasteiger partial charge in [0.25, 0.3) is 0 Å². The lowest BCUT2D eigenvalue weighted by Gasteiger charge is -2.13. The first kappa shape index (κ1) is 16.5. The van der Waals surface area contributed by atoms with Gasteiger partial charge in [-0.25, -0.2) is 0 Å². The van der Waals surface area contributed by atoms with Gasteiger partial charge in [0.2, 0.25) is 0 Å². The summed E-state index contributed by atoms with van der Waals surface area (Å²) in [4.78, 5) is 11.0. The van der Waals surface area contributed by atoms with Crippen molar-refractivity contribution in [1.29, 1.82) is 0 Å². The highest BCUT2D eigenvalue weighted by Gasteiger charge is 2.10. The Labute approximate surface area is 119 Å². The number of rotatable bonds is 11. The molecule has 0 unspecified atom stereocenters. The van der Waals surface area contributed by atoms with Crippen molar-refractivity contribution in [1.82, 2.24) is 0 Å². The normalized spacial score (nSPS) is 10.3. The van der Waals surface area contributed by atoms with E-state index in [4.69, 9.17) is 18.9 Å². The molecule has 5 nitrogen and oxygen atoms in total. The highest BCUT2D eigenvalue weighted by atomic mass is 16.5. The van der Waals surface area contributed by atoms with Crippen LogP contribution in [0, 0.1) is 0 Å². The zero-order chi connectivity index (χ0) is 14.6. The van der Waals surface area contributed by atoms with E-state index < -0.39 is 0 Å². The monoisotopic (exact) mass is 282 g/mol. The summed E-state index contributed by atoms with van der Waals surface area (Å²) < 4.78 is 21.3. The van der Waals surface area contributed by atoms with E-state index in [1.165, 1.54) is 0 Å². The van der Waals surface area contributed by atoms with Crippen molar-refractivity contribution in [2.24, 2.45) is 0 Å². The molecule has 0 aliphatic rings. The second-order valence-electron chi connectivity index (χ2n) is 4.03. The van der Waals surface area contributed by atoms with Crippen LogP contribution in [-0.2, 0) is 9.47 Å². The fraction of sp³-hybridized carbons (Fsp3) is 0.533. The summed E-state index contributed by atoms with van der Waals surface area (Å²) in [6, 6.07) is 5.27. The van der Waals surface area contributed by atoms with Crippen LogP contribution in [0.5, 0.6) is 11.5 Å². The van der Waals surface area contributed by atoms with Crippen LogP contribution in [0.15, 0.2) is 18.2 Å². The average Bonchev–Trinajstić information content (AvgIpc) is 2.47. The lowest BCUT2D eigenvalue weighted by atomic mass is 10.2. The van der Waals surface area contributed by atoms with E-state index in [1.54, 1.807) is 25.3 Å². The van der Waals surface area contributed by atoms with Gasteiger partial charge in [-0.15, -0.1) is 0 Å². The third kappa shape index (κ3) is 5.59. The fourth-order valence-electron chi connectivity index (χ4n) is 1.63. The molecule has 0 fully saturated rings. The molecule has 112 valence electrons. The van der Waals surface area contributed by atoms with E-state index in [0.29, 0.717) is 50.1 Å². The van der Waals surface area contributed by atoms with Crippen LogP contribution in [0.25, 0.3) is 0 Å². The van der Waals surface area contributed by atoms with E-state index >= 15 is 0 Å². The first-order valence-corrected chi connectivity index (χ1v) is 6.74. The third-order valence-electron chi connectivity index (χ3n) is 2.55. The van der Waals surface area contributed by atoms with E-state index in [-0.39, 0.29) is 0 Å². The Morgan fingerprint density at radius 1 is 1.10 bits per heavy atom. The number of methoxy groups -OCH3 is 1. The van der Waals surface area contributed by atoms with E-state index in [9.17, 15) is 4.79 Å². The smallest absolute Gasteiger partial charge is 0.171 e. The summed E-state index contributed by atoms with van der Waals surface area (Å²) in [7, 11) is 1.64. The number of carbonyl (C=O) groups excluding carboxylic acids is 1. The molecule has 0 saturated heterocycles. The first-order chi connectivity index (χ1) is 9.83. The highest BCUT2D eigenvalue weighted by Crippen LogP contribution is 2.30. The molecule has 1 rings (SSSR count). The molecule has 0 heterocycles. The molecule has 0 saturated carbocycles. The maximum atomic E-state index is 11.0. The van der Waals surface area contributed by atoms with E-state index in [1.807, 2.05) is 6.92 Å². The molecular weight excluding hydrogens is 260 g/mol. The van der Waals surface area contributed by atoms with Crippen LogP contribution >= 0.6 is 0 Å². The lowest BCUT2D eigenvalue weighted by molar-refractivity contribution is 0.0642. The van der Waals surface area contributed by atoms with Crippen molar-refractivity contribution in [3.63, 3.8) is 0 Å². The maximum absolute atomic E-state index is 11.0. The van der Waals surface area contributed by atoms with Gasteiger partial charge in [-0.1, -0.05) is 6.07 Å². The molecule has 1 aromatic rings. The molecule has 0 aliphatic carbocycles. The Balaban J connectivity index is 2.43. The maximum Gasteiger partial charge on any atom is 0.171 e.